The quantitative estimate of drug-likeness (QED) is 0.525. The highest BCUT2D eigenvalue weighted by Gasteiger charge is 2.39. The monoisotopic (exact) mass is 421 g/mol. The van der Waals surface area contributed by atoms with Crippen molar-refractivity contribution in [1.29, 1.82) is 0 Å². The third-order valence-electron chi connectivity index (χ3n) is 5.81. The summed E-state index contributed by atoms with van der Waals surface area (Å²) >= 11 is 0. The van der Waals surface area contributed by atoms with E-state index in [0.717, 1.165) is 24.1 Å². The molecule has 3 amide bonds. The highest BCUT2D eigenvalue weighted by atomic mass is 16.7. The summed E-state index contributed by atoms with van der Waals surface area (Å²) in [4.78, 5) is 46.6. The zero-order chi connectivity index (χ0) is 22.0. The van der Waals surface area contributed by atoms with Crippen molar-refractivity contribution in [2.24, 2.45) is 5.92 Å². The van der Waals surface area contributed by atoms with Gasteiger partial charge in [0.25, 0.3) is 11.8 Å². The van der Waals surface area contributed by atoms with Gasteiger partial charge >= 0.3 is 6.09 Å². The molecule has 0 saturated heterocycles. The summed E-state index contributed by atoms with van der Waals surface area (Å²) in [5, 5.41) is 5.83. The average molecular weight is 421 g/mol. The van der Waals surface area contributed by atoms with Gasteiger partial charge in [0.2, 0.25) is 0 Å². The Labute approximate surface area is 176 Å². The van der Waals surface area contributed by atoms with Crippen molar-refractivity contribution in [1.82, 2.24) is 24.6 Å². The molecule has 0 spiro atoms. The van der Waals surface area contributed by atoms with Gasteiger partial charge in [0.15, 0.2) is 0 Å². The van der Waals surface area contributed by atoms with Crippen LogP contribution in [0.25, 0.3) is 0 Å². The fourth-order valence-electron chi connectivity index (χ4n) is 3.96. The van der Waals surface area contributed by atoms with E-state index < -0.39 is 5.92 Å². The number of unbranched alkanes of at least 4 members (excludes halogenated alkanes) is 1. The van der Waals surface area contributed by atoms with E-state index >= 15 is 0 Å². The maximum absolute atomic E-state index is 13.1. The zero-order valence-corrected chi connectivity index (χ0v) is 18.4. The van der Waals surface area contributed by atoms with Crippen LogP contribution in [0, 0.1) is 5.92 Å². The summed E-state index contributed by atoms with van der Waals surface area (Å²) in [5.41, 5.74) is 1.98. The average Bonchev–Trinajstić information content (AvgIpc) is 3.01. The first-order valence-electron chi connectivity index (χ1n) is 10.4. The van der Waals surface area contributed by atoms with Crippen molar-refractivity contribution >= 4 is 17.9 Å². The summed E-state index contributed by atoms with van der Waals surface area (Å²) in [6.07, 6.45) is 1.93. The zero-order valence-electron chi connectivity index (χ0n) is 18.4. The molecule has 2 aliphatic rings. The number of aromatic nitrogens is 2. The molecule has 10 heteroatoms. The molecule has 3 heterocycles. The second-order valence-electron chi connectivity index (χ2n) is 8.01. The van der Waals surface area contributed by atoms with Gasteiger partial charge in [0.1, 0.15) is 5.69 Å². The van der Waals surface area contributed by atoms with Crippen LogP contribution in [0.15, 0.2) is 0 Å². The minimum atomic E-state index is -0.473. The molecule has 0 fully saturated rings. The minimum Gasteiger partial charge on any atom is -0.449 e. The topological polar surface area (TPSA) is 97.2 Å². The first-order valence-corrected chi connectivity index (χ1v) is 10.4. The van der Waals surface area contributed by atoms with Gasteiger partial charge in [0.05, 0.1) is 38.4 Å². The van der Waals surface area contributed by atoms with Crippen LogP contribution in [0.3, 0.4) is 0 Å². The van der Waals surface area contributed by atoms with Gasteiger partial charge < -0.3 is 14.5 Å². The van der Waals surface area contributed by atoms with Crippen molar-refractivity contribution in [3.8, 4) is 0 Å². The molecule has 2 atom stereocenters. The molecule has 2 unspecified atom stereocenters. The lowest BCUT2D eigenvalue weighted by Crippen LogP contribution is -2.43. The van der Waals surface area contributed by atoms with Crippen LogP contribution in [0.5, 0.6) is 0 Å². The predicted octanol–water partition coefficient (Wildman–Crippen LogP) is 1.29. The Kier molecular flexibility index (Phi) is 6.64. The van der Waals surface area contributed by atoms with Gasteiger partial charge in [-0.15, -0.1) is 0 Å². The van der Waals surface area contributed by atoms with Crippen LogP contribution in [0.1, 0.15) is 48.4 Å². The molecular weight excluding hydrogens is 390 g/mol. The molecule has 1 aromatic heterocycles. The lowest BCUT2D eigenvalue weighted by atomic mass is 9.99. The van der Waals surface area contributed by atoms with E-state index in [9.17, 15) is 14.4 Å². The van der Waals surface area contributed by atoms with Crippen molar-refractivity contribution in [2.75, 3.05) is 34.4 Å². The molecule has 1 aromatic rings. The van der Waals surface area contributed by atoms with Gasteiger partial charge in [-0.05, 0) is 13.3 Å². The van der Waals surface area contributed by atoms with Gasteiger partial charge in [-0.1, -0.05) is 13.3 Å². The van der Waals surface area contributed by atoms with E-state index in [-0.39, 0.29) is 43.6 Å². The summed E-state index contributed by atoms with van der Waals surface area (Å²) in [6, 6.07) is -0.0874. The standard InChI is InChI=1S/C20H31N5O5/c1-6-7-8-30-20(28)24-12-15-16(9-13(24)2)21-25-11-14(18(26)23(4)29-5)10-22(3)19(27)17(15)25/h13-14H,6-12H2,1-5H3. The number of carbonyl (C=O) groups is 3. The Balaban J connectivity index is 1.88. The molecular formula is C20H31N5O5. The Hall–Kier alpha value is -2.62. The number of carbonyl (C=O) groups excluding carboxylic acids is 3. The molecule has 0 aromatic carbocycles. The highest BCUT2D eigenvalue weighted by molar-refractivity contribution is 5.95. The predicted molar refractivity (Wildman–Crippen MR) is 107 cm³/mol. The lowest BCUT2D eigenvalue weighted by molar-refractivity contribution is -0.174. The molecule has 0 radical (unpaired) electrons. The van der Waals surface area contributed by atoms with Gasteiger partial charge in [-0.2, -0.15) is 5.10 Å². The van der Waals surface area contributed by atoms with E-state index in [1.54, 1.807) is 23.7 Å². The number of hydroxylamine groups is 2. The number of ether oxygens (including phenoxy) is 1. The van der Waals surface area contributed by atoms with Crippen molar-refractivity contribution < 1.29 is 24.0 Å². The number of rotatable bonds is 5. The van der Waals surface area contributed by atoms with Crippen molar-refractivity contribution in [3.05, 3.63) is 17.0 Å². The SMILES string of the molecule is CCCCOC(=O)N1Cc2c(nn3c2C(=O)N(C)CC(C(=O)N(C)OC)C3)CC1C. The van der Waals surface area contributed by atoms with E-state index in [0.29, 0.717) is 18.7 Å². The third kappa shape index (κ3) is 4.14. The molecule has 0 aliphatic carbocycles. The van der Waals surface area contributed by atoms with Crippen LogP contribution in [-0.4, -0.2) is 82.9 Å². The largest absolute Gasteiger partial charge is 0.449 e. The maximum Gasteiger partial charge on any atom is 0.410 e. The van der Waals surface area contributed by atoms with Crippen LogP contribution < -0.4 is 0 Å². The van der Waals surface area contributed by atoms with E-state index in [1.165, 1.54) is 17.1 Å². The number of nitrogens with zero attached hydrogens (tertiary/aromatic N) is 5. The first kappa shape index (κ1) is 22.1. The third-order valence-corrected chi connectivity index (χ3v) is 5.81. The van der Waals surface area contributed by atoms with Crippen LogP contribution >= 0.6 is 0 Å². The van der Waals surface area contributed by atoms with Crippen molar-refractivity contribution in [3.63, 3.8) is 0 Å². The molecule has 2 aliphatic heterocycles. The number of hydrogen-bond donors (Lipinski definition) is 0. The van der Waals surface area contributed by atoms with Crippen LogP contribution in [0.2, 0.25) is 0 Å². The molecule has 10 nitrogen and oxygen atoms in total. The molecule has 166 valence electrons. The fraction of sp³-hybridized carbons (Fsp3) is 0.700. The smallest absolute Gasteiger partial charge is 0.410 e. The summed E-state index contributed by atoms with van der Waals surface area (Å²) in [7, 11) is 4.65. The van der Waals surface area contributed by atoms with E-state index in [4.69, 9.17) is 9.57 Å². The van der Waals surface area contributed by atoms with Crippen LogP contribution in [0.4, 0.5) is 4.79 Å². The number of fused-ring (bicyclic) bond motifs is 3. The second-order valence-corrected chi connectivity index (χ2v) is 8.01. The molecule has 30 heavy (non-hydrogen) atoms. The van der Waals surface area contributed by atoms with Crippen molar-refractivity contribution in [2.45, 2.75) is 52.2 Å². The lowest BCUT2D eigenvalue weighted by Gasteiger charge is -2.32. The molecule has 0 bridgehead atoms. The highest BCUT2D eigenvalue weighted by Crippen LogP contribution is 2.29. The minimum absolute atomic E-state index is 0.0874. The fourth-order valence-corrected chi connectivity index (χ4v) is 3.96. The summed E-state index contributed by atoms with van der Waals surface area (Å²) in [5.74, 6) is -0.889. The maximum atomic E-state index is 13.1. The van der Waals surface area contributed by atoms with Gasteiger partial charge in [0, 0.05) is 38.7 Å². The molecule has 0 saturated carbocycles. The van der Waals surface area contributed by atoms with Gasteiger partial charge in [-0.25, -0.2) is 9.86 Å². The Morgan fingerprint density at radius 3 is 2.70 bits per heavy atom. The Bertz CT molecular complexity index is 823. The first-order chi connectivity index (χ1) is 14.3. The Morgan fingerprint density at radius 1 is 1.30 bits per heavy atom. The molecule has 0 N–H and O–H groups in total. The summed E-state index contributed by atoms with van der Waals surface area (Å²) in [6.45, 7) is 5.19. The van der Waals surface area contributed by atoms with Crippen LogP contribution in [-0.2, 0) is 33.9 Å². The normalized spacial score (nSPS) is 21.0. The Morgan fingerprint density at radius 2 is 2.03 bits per heavy atom. The van der Waals surface area contributed by atoms with E-state index in [2.05, 4.69) is 5.10 Å². The second kappa shape index (κ2) is 9.03. The number of hydrogen-bond acceptors (Lipinski definition) is 6. The molecule has 3 rings (SSSR count). The number of amides is 3. The van der Waals surface area contributed by atoms with Gasteiger partial charge in [-0.3, -0.25) is 19.1 Å². The van der Waals surface area contributed by atoms with E-state index in [1.807, 2.05) is 13.8 Å². The summed E-state index contributed by atoms with van der Waals surface area (Å²) < 4.78 is 7.01.